The summed E-state index contributed by atoms with van der Waals surface area (Å²) in [6.07, 6.45) is 12.2. The summed E-state index contributed by atoms with van der Waals surface area (Å²) in [5.74, 6) is 2.37. The van der Waals surface area contributed by atoms with Crippen molar-refractivity contribution in [1.82, 2.24) is 9.97 Å². The van der Waals surface area contributed by atoms with Crippen LogP contribution in [-0.4, -0.2) is 21.7 Å². The van der Waals surface area contributed by atoms with Gasteiger partial charge in [-0.05, 0) is 6.42 Å². The number of aliphatic hydroxyl groups is 1. The van der Waals surface area contributed by atoms with E-state index in [0.29, 0.717) is 6.42 Å². The number of rotatable bonds is 5. The molecule has 0 aliphatic heterocycles. The second kappa shape index (κ2) is 12.9. The van der Waals surface area contributed by atoms with Crippen LogP contribution in [0.1, 0.15) is 31.4 Å². The Morgan fingerprint density at radius 3 is 1.81 bits per heavy atom. The van der Waals surface area contributed by atoms with Gasteiger partial charge in [-0.25, -0.2) is 19.1 Å². The number of hydrogen-bond acceptors (Lipinski definition) is 1. The molecular formula is C14H26BrClN4O. The van der Waals surface area contributed by atoms with Crippen LogP contribution in [0.25, 0.3) is 0 Å². The molecule has 0 spiro atoms. The minimum atomic E-state index is 0. The third-order valence-electron chi connectivity index (χ3n) is 3.06. The zero-order valence-electron chi connectivity index (χ0n) is 12.9. The summed E-state index contributed by atoms with van der Waals surface area (Å²) in [5, 5.41) is 8.53. The summed E-state index contributed by atoms with van der Waals surface area (Å²) in [6.45, 7) is 2.41. The fraction of sp³-hybridized carbons (Fsp3) is 0.571. The van der Waals surface area contributed by atoms with E-state index >= 15 is 0 Å². The Kier molecular flexibility index (Phi) is 13.7. The van der Waals surface area contributed by atoms with Crippen molar-refractivity contribution in [2.24, 2.45) is 14.1 Å². The van der Waals surface area contributed by atoms with Crippen LogP contribution >= 0.6 is 0 Å². The van der Waals surface area contributed by atoms with E-state index < -0.39 is 0 Å². The summed E-state index contributed by atoms with van der Waals surface area (Å²) >= 11 is 0. The quantitative estimate of drug-likeness (QED) is 0.445. The van der Waals surface area contributed by atoms with E-state index in [4.69, 9.17) is 5.11 Å². The zero-order valence-corrected chi connectivity index (χ0v) is 15.3. The summed E-state index contributed by atoms with van der Waals surface area (Å²) < 4.78 is 4.09. The Balaban J connectivity index is 0. The van der Waals surface area contributed by atoms with E-state index in [2.05, 4.69) is 28.5 Å². The fourth-order valence-corrected chi connectivity index (χ4v) is 1.82. The fourth-order valence-electron chi connectivity index (χ4n) is 1.82. The Morgan fingerprint density at radius 1 is 1.00 bits per heavy atom. The van der Waals surface area contributed by atoms with Crippen molar-refractivity contribution in [3.05, 3.63) is 36.4 Å². The monoisotopic (exact) mass is 380 g/mol. The van der Waals surface area contributed by atoms with Gasteiger partial charge in [0.2, 0.25) is 0 Å². The summed E-state index contributed by atoms with van der Waals surface area (Å²) in [4.78, 5) is 6.21. The molecule has 5 nitrogen and oxygen atoms in total. The third kappa shape index (κ3) is 8.24. The van der Waals surface area contributed by atoms with Crippen LogP contribution in [0.4, 0.5) is 0 Å². The van der Waals surface area contributed by atoms with Crippen molar-refractivity contribution in [1.29, 1.82) is 0 Å². The average Bonchev–Trinajstić information content (AvgIpc) is 2.98. The highest BCUT2D eigenvalue weighted by Gasteiger charge is 2.03. The number of aryl methyl sites for hydroxylation is 3. The number of hydrogen-bond donors (Lipinski definition) is 3. The predicted molar refractivity (Wildman–Crippen MR) is 73.3 cm³/mol. The van der Waals surface area contributed by atoms with Crippen molar-refractivity contribution < 1.29 is 43.6 Å². The van der Waals surface area contributed by atoms with Gasteiger partial charge in [0.1, 0.15) is 24.8 Å². The molecule has 0 aliphatic rings. The molecule has 0 aliphatic carbocycles. The van der Waals surface area contributed by atoms with E-state index in [9.17, 15) is 0 Å². The van der Waals surface area contributed by atoms with Crippen LogP contribution in [0.2, 0.25) is 0 Å². The van der Waals surface area contributed by atoms with E-state index in [1.54, 1.807) is 0 Å². The molecule has 0 saturated carbocycles. The first-order chi connectivity index (χ1) is 9.19. The van der Waals surface area contributed by atoms with Gasteiger partial charge in [0.25, 0.3) is 11.6 Å². The molecule has 7 heteroatoms. The van der Waals surface area contributed by atoms with Gasteiger partial charge in [-0.2, -0.15) is 0 Å². The maximum absolute atomic E-state index is 8.53. The molecule has 3 N–H and O–H groups in total. The number of halogens is 2. The molecule has 2 heterocycles. The lowest BCUT2D eigenvalue weighted by Crippen LogP contribution is -3.00. The first-order valence-corrected chi connectivity index (χ1v) is 6.83. The minimum Gasteiger partial charge on any atom is -1.00 e. The van der Waals surface area contributed by atoms with Gasteiger partial charge in [0, 0.05) is 6.42 Å². The van der Waals surface area contributed by atoms with Crippen molar-refractivity contribution in [3.8, 4) is 0 Å². The Hall–Kier alpha value is -0.850. The van der Waals surface area contributed by atoms with Crippen LogP contribution in [-0.2, 0) is 26.9 Å². The number of aromatic nitrogens is 4. The lowest BCUT2D eigenvalue weighted by molar-refractivity contribution is -0.678. The van der Waals surface area contributed by atoms with E-state index in [0.717, 1.165) is 5.82 Å². The molecule has 0 bridgehead atoms. The summed E-state index contributed by atoms with van der Waals surface area (Å²) in [5.41, 5.74) is 0. The predicted octanol–water partition coefficient (Wildman–Crippen LogP) is -5.44. The molecule has 2 aromatic rings. The molecule has 122 valence electrons. The number of unbranched alkanes of at least 4 members (excludes halogenated alkanes) is 1. The molecule has 0 radical (unpaired) electrons. The van der Waals surface area contributed by atoms with Gasteiger partial charge < -0.3 is 34.5 Å². The number of nitrogens with zero attached hydrogens (tertiary/aromatic N) is 2. The van der Waals surface area contributed by atoms with Crippen LogP contribution in [0.15, 0.2) is 24.8 Å². The zero-order chi connectivity index (χ0) is 14.1. The van der Waals surface area contributed by atoms with Crippen LogP contribution in [0.3, 0.4) is 0 Å². The first-order valence-electron chi connectivity index (χ1n) is 6.83. The highest BCUT2D eigenvalue weighted by molar-refractivity contribution is 4.76. The van der Waals surface area contributed by atoms with Crippen LogP contribution in [0.5, 0.6) is 0 Å². The van der Waals surface area contributed by atoms with Gasteiger partial charge in [0.05, 0.1) is 27.1 Å². The topological polar surface area (TPSA) is 59.6 Å². The molecule has 0 unspecified atom stereocenters. The second-order valence-electron chi connectivity index (χ2n) is 4.61. The van der Waals surface area contributed by atoms with E-state index in [1.807, 2.05) is 36.4 Å². The highest BCUT2D eigenvalue weighted by atomic mass is 79.9. The van der Waals surface area contributed by atoms with Gasteiger partial charge in [0.15, 0.2) is 0 Å². The molecule has 2 rings (SSSR count). The maximum Gasteiger partial charge on any atom is 0.256 e. The SMILES string of the molecule is CCCCc1[nH]cc[n+]1C.C[n+]1cc[nH]c1CCO.[Br-].[Cl-]. The smallest absolute Gasteiger partial charge is 0.256 e. The highest BCUT2D eigenvalue weighted by Crippen LogP contribution is 1.94. The van der Waals surface area contributed by atoms with Gasteiger partial charge >= 0.3 is 0 Å². The normalized spacial score (nSPS) is 9.14. The lowest BCUT2D eigenvalue weighted by Gasteiger charge is -1.91. The van der Waals surface area contributed by atoms with Crippen molar-refractivity contribution in [2.75, 3.05) is 6.61 Å². The van der Waals surface area contributed by atoms with E-state index in [1.165, 1.54) is 25.1 Å². The van der Waals surface area contributed by atoms with Crippen LogP contribution in [0, 0.1) is 0 Å². The van der Waals surface area contributed by atoms with E-state index in [-0.39, 0.29) is 36.0 Å². The van der Waals surface area contributed by atoms with Gasteiger partial charge in [-0.1, -0.05) is 13.3 Å². The van der Waals surface area contributed by atoms with Crippen molar-refractivity contribution in [3.63, 3.8) is 0 Å². The van der Waals surface area contributed by atoms with Crippen molar-refractivity contribution in [2.45, 2.75) is 32.6 Å². The van der Waals surface area contributed by atoms with Gasteiger partial charge in [-0.3, -0.25) is 0 Å². The van der Waals surface area contributed by atoms with Crippen LogP contribution < -0.4 is 38.5 Å². The molecule has 0 atom stereocenters. The number of imidazole rings is 2. The average molecular weight is 382 g/mol. The maximum atomic E-state index is 8.53. The van der Waals surface area contributed by atoms with Crippen molar-refractivity contribution >= 4 is 0 Å². The molecular weight excluding hydrogens is 356 g/mol. The standard InChI is InChI=1S/C8H14N2.C6H10N2O.BrH.ClH/c1-3-4-5-8-9-6-7-10(8)2;1-8-4-3-7-6(8)2-5-9;;/h6-7H,3-5H2,1-2H3;3-4,9H,2,5H2,1H3;2*1H. The molecule has 2 aromatic heterocycles. The Bertz CT molecular complexity index is 473. The largest absolute Gasteiger partial charge is 1.00 e. The third-order valence-corrected chi connectivity index (χ3v) is 3.06. The summed E-state index contributed by atoms with van der Waals surface area (Å²) in [6, 6.07) is 0. The molecule has 21 heavy (non-hydrogen) atoms. The van der Waals surface area contributed by atoms with Gasteiger partial charge in [-0.15, -0.1) is 0 Å². The molecule has 0 fully saturated rings. The first kappa shape index (κ1) is 22.4. The number of aliphatic hydroxyl groups excluding tert-OH is 1. The second-order valence-corrected chi connectivity index (χ2v) is 4.61. The molecule has 0 aromatic carbocycles. The Labute approximate surface area is 143 Å². The molecule has 0 saturated heterocycles. The minimum absolute atomic E-state index is 0. The number of nitrogens with one attached hydrogen (secondary N) is 2. The lowest BCUT2D eigenvalue weighted by atomic mass is 10.2. The molecule has 0 amide bonds. The summed E-state index contributed by atoms with van der Waals surface area (Å²) in [7, 11) is 4.02. The Morgan fingerprint density at radius 2 is 1.48 bits per heavy atom. The number of H-pyrrole nitrogens is 2. The number of aromatic amines is 2.